The number of methoxy groups -OCH3 is 1. The van der Waals surface area contributed by atoms with E-state index < -0.39 is 0 Å². The molecular formula is C25H22N4O2S2. The molecule has 6 nitrogen and oxygen atoms in total. The summed E-state index contributed by atoms with van der Waals surface area (Å²) in [6.45, 7) is 2.14. The fourth-order valence-electron chi connectivity index (χ4n) is 3.67. The van der Waals surface area contributed by atoms with Crippen molar-refractivity contribution in [3.8, 4) is 17.0 Å². The molecule has 1 amide bonds. The maximum Gasteiger partial charge on any atom is 0.267 e. The number of pyridine rings is 1. The summed E-state index contributed by atoms with van der Waals surface area (Å²) in [5, 5.41) is 4.87. The van der Waals surface area contributed by atoms with Gasteiger partial charge in [-0.3, -0.25) is 4.79 Å². The molecule has 5 rings (SSSR count). The Kier molecular flexibility index (Phi) is 5.70. The Morgan fingerprint density at radius 3 is 2.79 bits per heavy atom. The van der Waals surface area contributed by atoms with Crippen LogP contribution in [0.4, 0.5) is 11.4 Å². The summed E-state index contributed by atoms with van der Waals surface area (Å²) in [5.74, 6) is 0.524. The minimum absolute atomic E-state index is 0.240. The minimum atomic E-state index is -0.240. The zero-order chi connectivity index (χ0) is 22.9. The van der Waals surface area contributed by atoms with Crippen molar-refractivity contribution in [2.75, 3.05) is 18.2 Å². The number of benzene rings is 2. The zero-order valence-electron chi connectivity index (χ0n) is 18.2. The summed E-state index contributed by atoms with van der Waals surface area (Å²) >= 11 is 2.96. The molecule has 0 radical (unpaired) electrons. The van der Waals surface area contributed by atoms with Gasteiger partial charge in [-0.25, -0.2) is 9.97 Å². The fourth-order valence-corrected chi connectivity index (χ4v) is 5.76. The van der Waals surface area contributed by atoms with E-state index in [4.69, 9.17) is 15.5 Å². The molecule has 166 valence electrons. The van der Waals surface area contributed by atoms with Crippen molar-refractivity contribution in [2.45, 2.75) is 19.8 Å². The first-order chi connectivity index (χ1) is 16.1. The predicted molar refractivity (Wildman–Crippen MR) is 138 cm³/mol. The second-order valence-electron chi connectivity index (χ2n) is 7.62. The van der Waals surface area contributed by atoms with Gasteiger partial charge in [0.2, 0.25) is 0 Å². The minimum Gasteiger partial charge on any atom is -0.497 e. The number of thiazole rings is 1. The molecule has 5 aromatic rings. The average molecular weight is 475 g/mol. The first-order valence-electron chi connectivity index (χ1n) is 10.6. The number of amides is 1. The van der Waals surface area contributed by atoms with E-state index in [1.165, 1.54) is 11.3 Å². The Morgan fingerprint density at radius 2 is 1.97 bits per heavy atom. The van der Waals surface area contributed by atoms with Crippen molar-refractivity contribution in [2.24, 2.45) is 0 Å². The number of thiophene rings is 1. The molecule has 3 aromatic heterocycles. The molecular weight excluding hydrogens is 452 g/mol. The van der Waals surface area contributed by atoms with Crippen LogP contribution in [0.25, 0.3) is 31.7 Å². The third kappa shape index (κ3) is 4.15. The number of ether oxygens (including phenoxy) is 1. The van der Waals surface area contributed by atoms with Gasteiger partial charge in [0.1, 0.15) is 15.5 Å². The van der Waals surface area contributed by atoms with Crippen LogP contribution >= 0.6 is 22.7 Å². The Morgan fingerprint density at radius 1 is 1.09 bits per heavy atom. The largest absolute Gasteiger partial charge is 0.497 e. The van der Waals surface area contributed by atoms with E-state index in [2.05, 4.69) is 17.2 Å². The van der Waals surface area contributed by atoms with Gasteiger partial charge < -0.3 is 15.8 Å². The van der Waals surface area contributed by atoms with Crippen molar-refractivity contribution in [1.29, 1.82) is 0 Å². The Hall–Kier alpha value is -3.49. The van der Waals surface area contributed by atoms with Crippen LogP contribution in [0, 0.1) is 0 Å². The number of anilines is 2. The normalized spacial score (nSPS) is 11.2. The highest BCUT2D eigenvalue weighted by Gasteiger charge is 2.18. The summed E-state index contributed by atoms with van der Waals surface area (Å²) in [4.78, 5) is 23.6. The molecule has 8 heteroatoms. The Labute approximate surface area is 199 Å². The third-order valence-electron chi connectivity index (χ3n) is 5.32. The molecule has 0 fully saturated rings. The van der Waals surface area contributed by atoms with Gasteiger partial charge in [0.15, 0.2) is 0 Å². The summed E-state index contributed by atoms with van der Waals surface area (Å²) in [5.41, 5.74) is 10.2. The van der Waals surface area contributed by atoms with Crippen LogP contribution in [0.15, 0.2) is 54.6 Å². The molecule has 0 bridgehead atoms. The van der Waals surface area contributed by atoms with Gasteiger partial charge in [0, 0.05) is 16.6 Å². The molecule has 0 saturated carbocycles. The molecule has 2 aromatic carbocycles. The lowest BCUT2D eigenvalue weighted by Crippen LogP contribution is -2.11. The van der Waals surface area contributed by atoms with Gasteiger partial charge in [-0.1, -0.05) is 19.1 Å². The lowest BCUT2D eigenvalue weighted by Gasteiger charge is -2.04. The lowest BCUT2D eigenvalue weighted by atomic mass is 10.1. The van der Waals surface area contributed by atoms with Gasteiger partial charge in [-0.15, -0.1) is 22.7 Å². The van der Waals surface area contributed by atoms with Crippen molar-refractivity contribution in [3.63, 3.8) is 0 Å². The summed E-state index contributed by atoms with van der Waals surface area (Å²) in [6.07, 6.45) is 2.02. The van der Waals surface area contributed by atoms with Crippen LogP contribution in [0.3, 0.4) is 0 Å². The van der Waals surface area contributed by atoms with Crippen LogP contribution in [-0.2, 0) is 6.42 Å². The maximum absolute atomic E-state index is 13.0. The first kappa shape index (κ1) is 21.4. The molecule has 0 unspecified atom stereocenters. The molecule has 0 atom stereocenters. The van der Waals surface area contributed by atoms with Crippen molar-refractivity contribution in [1.82, 2.24) is 9.97 Å². The molecule has 0 aliphatic rings. The zero-order valence-corrected chi connectivity index (χ0v) is 19.8. The highest BCUT2D eigenvalue weighted by Crippen LogP contribution is 2.35. The monoisotopic (exact) mass is 474 g/mol. The number of fused-ring (bicyclic) bond motifs is 2. The van der Waals surface area contributed by atoms with Crippen LogP contribution in [-0.4, -0.2) is 23.0 Å². The quantitative estimate of drug-likeness (QED) is 0.298. The van der Waals surface area contributed by atoms with Crippen molar-refractivity contribution >= 4 is 60.4 Å². The average Bonchev–Trinajstić information content (AvgIpc) is 3.39. The number of carbonyl (C=O) groups is 1. The SMILES string of the molecule is CCCc1nc2ccc(NC(=O)c3sc4nc(-c5cccc(OC)c5)ccc4c3N)cc2s1. The molecule has 3 N–H and O–H groups in total. The Balaban J connectivity index is 1.43. The maximum atomic E-state index is 13.0. The molecule has 33 heavy (non-hydrogen) atoms. The highest BCUT2D eigenvalue weighted by molar-refractivity contribution is 7.21. The number of hydrogen-bond acceptors (Lipinski definition) is 7. The number of aryl methyl sites for hydroxylation is 1. The number of hydrogen-bond donors (Lipinski definition) is 2. The van der Waals surface area contributed by atoms with Crippen LogP contribution in [0.2, 0.25) is 0 Å². The van der Waals surface area contributed by atoms with E-state index in [0.29, 0.717) is 10.6 Å². The topological polar surface area (TPSA) is 90.1 Å². The van der Waals surface area contributed by atoms with Gasteiger partial charge in [-0.2, -0.15) is 0 Å². The van der Waals surface area contributed by atoms with Crippen molar-refractivity contribution < 1.29 is 9.53 Å². The van der Waals surface area contributed by atoms with E-state index in [1.54, 1.807) is 18.4 Å². The van der Waals surface area contributed by atoms with Gasteiger partial charge >= 0.3 is 0 Å². The number of nitrogen functional groups attached to an aromatic ring is 1. The smallest absolute Gasteiger partial charge is 0.267 e. The van der Waals surface area contributed by atoms with Crippen molar-refractivity contribution in [3.05, 3.63) is 64.5 Å². The molecule has 0 saturated heterocycles. The second kappa shape index (κ2) is 8.80. The van der Waals surface area contributed by atoms with E-state index >= 15 is 0 Å². The summed E-state index contributed by atoms with van der Waals surface area (Å²) < 4.78 is 6.37. The predicted octanol–water partition coefficient (Wildman–Crippen LogP) is 6.37. The number of carbonyl (C=O) groups excluding carboxylic acids is 1. The highest BCUT2D eigenvalue weighted by atomic mass is 32.1. The van der Waals surface area contributed by atoms with Gasteiger partial charge in [0.25, 0.3) is 5.91 Å². The number of rotatable bonds is 6. The Bertz CT molecular complexity index is 1490. The van der Waals surface area contributed by atoms with E-state index in [9.17, 15) is 4.79 Å². The first-order valence-corrected chi connectivity index (χ1v) is 12.2. The molecule has 0 spiro atoms. The van der Waals surface area contributed by atoms with Crippen LogP contribution in [0.1, 0.15) is 28.0 Å². The second-order valence-corrected chi connectivity index (χ2v) is 9.73. The fraction of sp³-hybridized carbons (Fsp3) is 0.160. The van der Waals surface area contributed by atoms with Gasteiger partial charge in [-0.05, 0) is 55.3 Å². The summed E-state index contributed by atoms with van der Waals surface area (Å²) in [6, 6.07) is 17.3. The van der Waals surface area contributed by atoms with Crippen LogP contribution < -0.4 is 15.8 Å². The standard InChI is InChI=1S/C25H22N4O2S2/c1-3-5-21-28-19-10-8-15(13-20(19)32-21)27-24(30)23-22(26)17-9-11-18(29-25(17)33-23)14-6-4-7-16(12-14)31-2/h4,6-13H,3,5,26H2,1-2H3,(H,27,30). The number of nitrogens with two attached hydrogens (primary N) is 1. The third-order valence-corrected chi connectivity index (χ3v) is 7.51. The molecule has 0 aliphatic heterocycles. The van der Waals surface area contributed by atoms with E-state index in [1.807, 2.05) is 54.6 Å². The number of aromatic nitrogens is 2. The van der Waals surface area contributed by atoms with Crippen LogP contribution in [0.5, 0.6) is 5.75 Å². The van der Waals surface area contributed by atoms with E-state index in [-0.39, 0.29) is 5.91 Å². The molecule has 0 aliphatic carbocycles. The number of nitrogens with one attached hydrogen (secondary N) is 1. The lowest BCUT2D eigenvalue weighted by molar-refractivity contribution is 0.103. The molecule has 3 heterocycles. The number of nitrogens with zero attached hydrogens (tertiary/aromatic N) is 2. The van der Waals surface area contributed by atoms with E-state index in [0.717, 1.165) is 61.0 Å². The van der Waals surface area contributed by atoms with Gasteiger partial charge in [0.05, 0.1) is 33.7 Å². The summed E-state index contributed by atoms with van der Waals surface area (Å²) in [7, 11) is 1.64.